The fraction of sp³-hybridized carbons (Fsp3) is 0.429. The quantitative estimate of drug-likeness (QED) is 0.850. The van der Waals surface area contributed by atoms with E-state index >= 15 is 0 Å². The van der Waals surface area contributed by atoms with E-state index in [4.69, 9.17) is 4.74 Å². The van der Waals surface area contributed by atoms with Gasteiger partial charge in [-0.15, -0.1) is 0 Å². The molecule has 2 aromatic rings. The maximum absolute atomic E-state index is 5.24. The van der Waals surface area contributed by atoms with E-state index in [2.05, 4.69) is 57.4 Å². The van der Waals surface area contributed by atoms with E-state index in [0.29, 0.717) is 5.92 Å². The predicted octanol–water partition coefficient (Wildman–Crippen LogP) is 4.61. The SMILES string of the molecule is COc1ccc(C(C)Nc2nc(C(C)C)ns2)cc1Br. The summed E-state index contributed by atoms with van der Waals surface area (Å²) in [5, 5.41) is 4.24. The second-order valence-corrected chi connectivity index (χ2v) is 6.48. The molecule has 108 valence electrons. The van der Waals surface area contributed by atoms with Crippen molar-refractivity contribution in [2.24, 2.45) is 0 Å². The summed E-state index contributed by atoms with van der Waals surface area (Å²) < 4.78 is 10.5. The van der Waals surface area contributed by atoms with Crippen LogP contribution in [0, 0.1) is 0 Å². The van der Waals surface area contributed by atoms with Crippen molar-refractivity contribution < 1.29 is 4.74 Å². The Kier molecular flexibility index (Phi) is 4.99. The average molecular weight is 356 g/mol. The minimum absolute atomic E-state index is 0.158. The standard InChI is InChI=1S/C14H18BrN3OS/c1-8(2)13-17-14(20-18-13)16-9(3)10-5-6-12(19-4)11(15)7-10/h5-9H,1-4H3,(H,16,17,18). The molecule has 1 heterocycles. The number of halogens is 1. The maximum Gasteiger partial charge on any atom is 0.203 e. The lowest BCUT2D eigenvalue weighted by Crippen LogP contribution is -2.06. The number of nitrogens with zero attached hydrogens (tertiary/aromatic N) is 2. The summed E-state index contributed by atoms with van der Waals surface area (Å²) in [7, 11) is 1.66. The molecule has 0 aliphatic rings. The molecule has 0 bridgehead atoms. The molecule has 0 amide bonds. The van der Waals surface area contributed by atoms with E-state index in [1.165, 1.54) is 17.1 Å². The van der Waals surface area contributed by atoms with Crippen molar-refractivity contribution in [1.29, 1.82) is 0 Å². The first-order valence-corrected chi connectivity index (χ1v) is 8.01. The summed E-state index contributed by atoms with van der Waals surface area (Å²) >= 11 is 4.91. The highest BCUT2D eigenvalue weighted by atomic mass is 79.9. The zero-order chi connectivity index (χ0) is 14.7. The highest BCUT2D eigenvalue weighted by Gasteiger charge is 2.12. The molecular weight excluding hydrogens is 338 g/mol. The summed E-state index contributed by atoms with van der Waals surface area (Å²) in [5.74, 6) is 2.08. The van der Waals surface area contributed by atoms with Gasteiger partial charge in [0.25, 0.3) is 0 Å². The van der Waals surface area contributed by atoms with E-state index in [1.54, 1.807) is 7.11 Å². The molecule has 0 saturated carbocycles. The van der Waals surface area contributed by atoms with Crippen LogP contribution in [0.4, 0.5) is 5.13 Å². The average Bonchev–Trinajstić information content (AvgIpc) is 2.87. The lowest BCUT2D eigenvalue weighted by Gasteiger charge is -2.14. The molecule has 1 aromatic heterocycles. The van der Waals surface area contributed by atoms with E-state index < -0.39 is 0 Å². The van der Waals surface area contributed by atoms with Gasteiger partial charge in [0.1, 0.15) is 11.6 Å². The number of benzene rings is 1. The Morgan fingerprint density at radius 2 is 2.05 bits per heavy atom. The molecule has 6 heteroatoms. The third kappa shape index (κ3) is 3.49. The van der Waals surface area contributed by atoms with Crippen molar-refractivity contribution in [1.82, 2.24) is 9.36 Å². The first-order chi connectivity index (χ1) is 9.51. The highest BCUT2D eigenvalue weighted by molar-refractivity contribution is 9.10. The van der Waals surface area contributed by atoms with E-state index in [1.807, 2.05) is 12.1 Å². The van der Waals surface area contributed by atoms with Crippen LogP contribution < -0.4 is 10.1 Å². The maximum atomic E-state index is 5.24. The molecule has 4 nitrogen and oxygen atoms in total. The molecule has 1 aromatic carbocycles. The van der Waals surface area contributed by atoms with Gasteiger partial charge in [-0.3, -0.25) is 0 Å². The van der Waals surface area contributed by atoms with E-state index in [-0.39, 0.29) is 6.04 Å². The summed E-state index contributed by atoms with van der Waals surface area (Å²) in [6.45, 7) is 6.29. The number of rotatable bonds is 5. The van der Waals surface area contributed by atoms with Gasteiger partial charge in [-0.25, -0.2) is 4.98 Å². The molecule has 0 saturated heterocycles. The largest absolute Gasteiger partial charge is 0.496 e. The molecular formula is C14H18BrN3OS. The topological polar surface area (TPSA) is 47.0 Å². The molecule has 0 aliphatic heterocycles. The van der Waals surface area contributed by atoms with Gasteiger partial charge in [0.05, 0.1) is 17.6 Å². The van der Waals surface area contributed by atoms with Gasteiger partial charge in [-0.2, -0.15) is 4.37 Å². The van der Waals surface area contributed by atoms with Crippen molar-refractivity contribution in [3.8, 4) is 5.75 Å². The summed E-state index contributed by atoms with van der Waals surface area (Å²) in [6.07, 6.45) is 0. The van der Waals surface area contributed by atoms with Crippen LogP contribution in [0.25, 0.3) is 0 Å². The molecule has 1 atom stereocenters. The number of aromatic nitrogens is 2. The van der Waals surface area contributed by atoms with Crippen LogP contribution in [0.5, 0.6) is 5.75 Å². The third-order valence-corrected chi connectivity index (χ3v) is 4.25. The molecule has 0 radical (unpaired) electrons. The Hall–Kier alpha value is -1.14. The number of hydrogen-bond donors (Lipinski definition) is 1. The molecule has 0 aliphatic carbocycles. The molecule has 20 heavy (non-hydrogen) atoms. The van der Waals surface area contributed by atoms with Crippen LogP contribution in [-0.2, 0) is 0 Å². The summed E-state index contributed by atoms with van der Waals surface area (Å²) in [4.78, 5) is 4.49. The Balaban J connectivity index is 2.10. The zero-order valence-electron chi connectivity index (χ0n) is 12.0. The first-order valence-electron chi connectivity index (χ1n) is 6.44. The van der Waals surface area contributed by atoms with E-state index in [9.17, 15) is 0 Å². The van der Waals surface area contributed by atoms with Gasteiger partial charge in [-0.1, -0.05) is 19.9 Å². The highest BCUT2D eigenvalue weighted by Crippen LogP contribution is 2.29. The van der Waals surface area contributed by atoms with Crippen LogP contribution in [0.3, 0.4) is 0 Å². The smallest absolute Gasteiger partial charge is 0.203 e. The van der Waals surface area contributed by atoms with Crippen molar-refractivity contribution in [2.75, 3.05) is 12.4 Å². The van der Waals surface area contributed by atoms with Crippen molar-refractivity contribution >= 4 is 32.6 Å². The molecule has 2 rings (SSSR count). The molecule has 1 unspecified atom stereocenters. The lowest BCUT2D eigenvalue weighted by atomic mass is 10.1. The lowest BCUT2D eigenvalue weighted by molar-refractivity contribution is 0.412. The second kappa shape index (κ2) is 6.54. The third-order valence-electron chi connectivity index (χ3n) is 2.97. The molecule has 1 N–H and O–H groups in total. The number of methoxy groups -OCH3 is 1. The van der Waals surface area contributed by atoms with Gasteiger partial charge in [0, 0.05) is 17.5 Å². The zero-order valence-corrected chi connectivity index (χ0v) is 14.4. The van der Waals surface area contributed by atoms with Crippen LogP contribution in [0.2, 0.25) is 0 Å². The van der Waals surface area contributed by atoms with Crippen molar-refractivity contribution in [3.05, 3.63) is 34.1 Å². The van der Waals surface area contributed by atoms with Gasteiger partial charge >= 0.3 is 0 Å². The van der Waals surface area contributed by atoms with Crippen LogP contribution in [0.15, 0.2) is 22.7 Å². The Morgan fingerprint density at radius 3 is 2.60 bits per heavy atom. The van der Waals surface area contributed by atoms with Gasteiger partial charge in [0.15, 0.2) is 0 Å². The van der Waals surface area contributed by atoms with Crippen LogP contribution >= 0.6 is 27.5 Å². The predicted molar refractivity (Wildman–Crippen MR) is 86.7 cm³/mol. The number of hydrogen-bond acceptors (Lipinski definition) is 5. The Bertz CT molecular complexity index is 586. The van der Waals surface area contributed by atoms with Gasteiger partial charge < -0.3 is 10.1 Å². The number of anilines is 1. The Labute approximate surface area is 131 Å². The minimum atomic E-state index is 0.158. The van der Waals surface area contributed by atoms with Crippen molar-refractivity contribution in [3.63, 3.8) is 0 Å². The van der Waals surface area contributed by atoms with Crippen LogP contribution in [-0.4, -0.2) is 16.5 Å². The number of nitrogens with one attached hydrogen (secondary N) is 1. The fourth-order valence-electron chi connectivity index (χ4n) is 1.75. The minimum Gasteiger partial charge on any atom is -0.496 e. The summed E-state index contributed by atoms with van der Waals surface area (Å²) in [6, 6.07) is 6.22. The van der Waals surface area contributed by atoms with E-state index in [0.717, 1.165) is 21.2 Å². The Morgan fingerprint density at radius 1 is 1.30 bits per heavy atom. The molecule has 0 fully saturated rings. The second-order valence-electron chi connectivity index (χ2n) is 4.87. The summed E-state index contributed by atoms with van der Waals surface area (Å²) in [5.41, 5.74) is 1.17. The fourth-order valence-corrected chi connectivity index (χ4v) is 3.10. The monoisotopic (exact) mass is 355 g/mol. The van der Waals surface area contributed by atoms with Gasteiger partial charge in [-0.05, 0) is 40.5 Å². The number of ether oxygens (including phenoxy) is 1. The first kappa shape index (κ1) is 15.3. The van der Waals surface area contributed by atoms with Crippen LogP contribution in [0.1, 0.15) is 44.1 Å². The normalized spacial score (nSPS) is 12.5. The van der Waals surface area contributed by atoms with Crippen molar-refractivity contribution in [2.45, 2.75) is 32.7 Å². The molecule has 0 spiro atoms. The van der Waals surface area contributed by atoms with Gasteiger partial charge in [0.2, 0.25) is 5.13 Å².